The average Bonchev–Trinajstić information content (AvgIpc) is 2.15. The van der Waals surface area contributed by atoms with Crippen LogP contribution in [0.3, 0.4) is 0 Å². The maximum atomic E-state index is 5.38. The highest BCUT2D eigenvalue weighted by Gasteiger charge is 2.13. The minimum absolute atomic E-state index is 0.515. The standard InChI is InChI=1S/C9H22N4/c1-5-8(6-2)13(4)9(12-10)11-7-3/h8H,5-7,10H2,1-4H3,(H,11,12). The van der Waals surface area contributed by atoms with Crippen LogP contribution in [0.15, 0.2) is 4.99 Å². The first kappa shape index (κ1) is 12.2. The zero-order valence-corrected chi connectivity index (χ0v) is 9.17. The van der Waals surface area contributed by atoms with E-state index in [4.69, 9.17) is 5.84 Å². The maximum Gasteiger partial charge on any atom is 0.208 e. The smallest absolute Gasteiger partial charge is 0.208 e. The third-order valence-electron chi connectivity index (χ3n) is 2.26. The van der Waals surface area contributed by atoms with Crippen molar-refractivity contribution in [1.82, 2.24) is 10.3 Å². The molecule has 4 nitrogen and oxygen atoms in total. The minimum Gasteiger partial charge on any atom is -0.342 e. The van der Waals surface area contributed by atoms with E-state index in [2.05, 4.69) is 29.2 Å². The van der Waals surface area contributed by atoms with Crippen LogP contribution in [0.1, 0.15) is 33.6 Å². The molecule has 4 heteroatoms. The van der Waals surface area contributed by atoms with Crippen molar-refractivity contribution in [3.8, 4) is 0 Å². The Morgan fingerprint density at radius 2 is 1.92 bits per heavy atom. The molecule has 0 rings (SSSR count). The third-order valence-corrected chi connectivity index (χ3v) is 2.26. The largest absolute Gasteiger partial charge is 0.342 e. The highest BCUT2D eigenvalue weighted by atomic mass is 15.4. The van der Waals surface area contributed by atoms with Gasteiger partial charge in [0, 0.05) is 19.6 Å². The van der Waals surface area contributed by atoms with E-state index in [0.29, 0.717) is 6.04 Å². The van der Waals surface area contributed by atoms with Gasteiger partial charge in [0.25, 0.3) is 0 Å². The summed E-state index contributed by atoms with van der Waals surface area (Å²) in [5, 5.41) is 0. The van der Waals surface area contributed by atoms with Gasteiger partial charge in [0.15, 0.2) is 0 Å². The van der Waals surface area contributed by atoms with E-state index in [1.165, 1.54) is 0 Å². The molecule has 0 aromatic rings. The molecule has 0 saturated heterocycles. The second kappa shape index (κ2) is 6.71. The van der Waals surface area contributed by atoms with Gasteiger partial charge >= 0.3 is 0 Å². The summed E-state index contributed by atoms with van der Waals surface area (Å²) in [7, 11) is 2.02. The van der Waals surface area contributed by atoms with E-state index < -0.39 is 0 Å². The van der Waals surface area contributed by atoms with E-state index in [1.807, 2.05) is 14.0 Å². The second-order valence-electron chi connectivity index (χ2n) is 3.02. The highest BCUT2D eigenvalue weighted by molar-refractivity contribution is 5.79. The van der Waals surface area contributed by atoms with Gasteiger partial charge in [0.1, 0.15) is 0 Å². The summed E-state index contributed by atoms with van der Waals surface area (Å²) in [5.41, 5.74) is 2.63. The monoisotopic (exact) mass is 186 g/mol. The number of rotatable bonds is 4. The lowest BCUT2D eigenvalue weighted by Gasteiger charge is -2.28. The van der Waals surface area contributed by atoms with Crippen LogP contribution < -0.4 is 11.3 Å². The molecule has 0 spiro atoms. The molecule has 0 radical (unpaired) electrons. The number of nitrogens with two attached hydrogens (primary N) is 1. The van der Waals surface area contributed by atoms with Gasteiger partial charge in [-0.25, -0.2) is 5.84 Å². The number of nitrogens with one attached hydrogen (secondary N) is 1. The third kappa shape index (κ3) is 3.63. The molecule has 0 fully saturated rings. The fourth-order valence-corrected chi connectivity index (χ4v) is 1.42. The Kier molecular flexibility index (Phi) is 6.32. The molecule has 0 aliphatic rings. The predicted octanol–water partition coefficient (Wildman–Crippen LogP) is 0.946. The molecule has 0 aliphatic carbocycles. The zero-order valence-electron chi connectivity index (χ0n) is 9.17. The molecule has 0 unspecified atom stereocenters. The van der Waals surface area contributed by atoms with Gasteiger partial charge in [0.2, 0.25) is 5.96 Å². The van der Waals surface area contributed by atoms with E-state index in [1.54, 1.807) is 0 Å². The van der Waals surface area contributed by atoms with Crippen molar-refractivity contribution in [3.63, 3.8) is 0 Å². The summed E-state index contributed by atoms with van der Waals surface area (Å²) in [5.74, 6) is 6.16. The molecule has 0 aromatic carbocycles. The summed E-state index contributed by atoms with van der Waals surface area (Å²) in [6.45, 7) is 7.09. The molecule has 3 N–H and O–H groups in total. The van der Waals surface area contributed by atoms with Crippen LogP contribution in [0.25, 0.3) is 0 Å². The molecule has 0 atom stereocenters. The first-order valence-electron chi connectivity index (χ1n) is 4.95. The van der Waals surface area contributed by atoms with Crippen LogP contribution in [-0.4, -0.2) is 30.5 Å². The Morgan fingerprint density at radius 3 is 2.23 bits per heavy atom. The van der Waals surface area contributed by atoms with Crippen LogP contribution in [0, 0.1) is 0 Å². The van der Waals surface area contributed by atoms with Crippen molar-refractivity contribution in [2.24, 2.45) is 10.8 Å². The molecule has 0 amide bonds. The number of guanidine groups is 1. The van der Waals surface area contributed by atoms with Gasteiger partial charge < -0.3 is 4.90 Å². The highest BCUT2D eigenvalue weighted by Crippen LogP contribution is 2.05. The normalized spacial score (nSPS) is 12.0. The van der Waals surface area contributed by atoms with Crippen molar-refractivity contribution in [2.75, 3.05) is 13.6 Å². The molecule has 78 valence electrons. The quantitative estimate of drug-likeness (QED) is 0.297. The maximum absolute atomic E-state index is 5.38. The summed E-state index contributed by atoms with van der Waals surface area (Å²) >= 11 is 0. The number of hydrogen-bond donors (Lipinski definition) is 2. The van der Waals surface area contributed by atoms with Crippen molar-refractivity contribution in [3.05, 3.63) is 0 Å². The van der Waals surface area contributed by atoms with Crippen LogP contribution >= 0.6 is 0 Å². The van der Waals surface area contributed by atoms with Gasteiger partial charge in [-0.3, -0.25) is 10.4 Å². The molecule has 0 bridgehead atoms. The van der Waals surface area contributed by atoms with Crippen LogP contribution in [0.4, 0.5) is 0 Å². The molecular formula is C9H22N4. The molecule has 0 aromatic heterocycles. The molecule has 0 saturated carbocycles. The summed E-state index contributed by atoms with van der Waals surface area (Å²) in [6, 6.07) is 0.515. The van der Waals surface area contributed by atoms with Crippen LogP contribution in [0.5, 0.6) is 0 Å². The van der Waals surface area contributed by atoms with Crippen molar-refractivity contribution < 1.29 is 0 Å². The predicted molar refractivity (Wildman–Crippen MR) is 57.4 cm³/mol. The average molecular weight is 186 g/mol. The number of hydrazine groups is 1. The fourth-order valence-electron chi connectivity index (χ4n) is 1.42. The van der Waals surface area contributed by atoms with Gasteiger partial charge in [-0.2, -0.15) is 0 Å². The fraction of sp³-hybridized carbons (Fsp3) is 0.889. The first-order valence-corrected chi connectivity index (χ1v) is 4.95. The second-order valence-corrected chi connectivity index (χ2v) is 3.02. The lowest BCUT2D eigenvalue weighted by atomic mass is 10.1. The van der Waals surface area contributed by atoms with Crippen LogP contribution in [-0.2, 0) is 0 Å². The van der Waals surface area contributed by atoms with Crippen molar-refractivity contribution in [2.45, 2.75) is 39.7 Å². The lowest BCUT2D eigenvalue weighted by molar-refractivity contribution is 0.334. The Labute approximate surface area is 81.2 Å². The van der Waals surface area contributed by atoms with E-state index in [0.717, 1.165) is 25.3 Å². The molecule has 0 heterocycles. The van der Waals surface area contributed by atoms with Gasteiger partial charge in [0.05, 0.1) is 0 Å². The van der Waals surface area contributed by atoms with Gasteiger partial charge in [-0.05, 0) is 19.8 Å². The number of aliphatic imine (C=N–C) groups is 1. The summed E-state index contributed by atoms with van der Waals surface area (Å²) in [4.78, 5) is 6.37. The molecule has 0 aliphatic heterocycles. The Balaban J connectivity index is 4.33. The molecular weight excluding hydrogens is 164 g/mol. The van der Waals surface area contributed by atoms with Crippen molar-refractivity contribution in [1.29, 1.82) is 0 Å². The Morgan fingerprint density at radius 1 is 1.38 bits per heavy atom. The Hall–Kier alpha value is -0.770. The summed E-state index contributed by atoms with van der Waals surface area (Å²) in [6.07, 6.45) is 2.22. The van der Waals surface area contributed by atoms with Gasteiger partial charge in [-0.1, -0.05) is 13.8 Å². The van der Waals surface area contributed by atoms with E-state index >= 15 is 0 Å². The van der Waals surface area contributed by atoms with Gasteiger partial charge in [-0.15, -0.1) is 0 Å². The van der Waals surface area contributed by atoms with E-state index in [-0.39, 0.29) is 0 Å². The van der Waals surface area contributed by atoms with E-state index in [9.17, 15) is 0 Å². The van der Waals surface area contributed by atoms with Crippen molar-refractivity contribution >= 4 is 5.96 Å². The Bertz CT molecular complexity index is 152. The lowest BCUT2D eigenvalue weighted by Crippen LogP contribution is -2.47. The summed E-state index contributed by atoms with van der Waals surface area (Å²) < 4.78 is 0. The zero-order chi connectivity index (χ0) is 10.3. The number of nitrogens with zero attached hydrogens (tertiary/aromatic N) is 2. The SMILES string of the molecule is CCN=C(NN)N(C)C(CC)CC. The molecule has 13 heavy (non-hydrogen) atoms. The first-order chi connectivity index (χ1) is 6.21. The minimum atomic E-state index is 0.515. The van der Waals surface area contributed by atoms with Crippen LogP contribution in [0.2, 0.25) is 0 Å². The topological polar surface area (TPSA) is 53.6 Å². The number of hydrogen-bond acceptors (Lipinski definition) is 2.